The van der Waals surface area contributed by atoms with E-state index in [1.807, 2.05) is 30.5 Å². The number of amides is 1. The van der Waals surface area contributed by atoms with E-state index >= 15 is 0 Å². The molecule has 0 aromatic heterocycles. The average Bonchev–Trinajstić information content (AvgIpc) is 2.42. The van der Waals surface area contributed by atoms with Crippen molar-refractivity contribution in [3.63, 3.8) is 0 Å². The van der Waals surface area contributed by atoms with E-state index < -0.39 is 0 Å². The van der Waals surface area contributed by atoms with Crippen molar-refractivity contribution < 1.29 is 9.18 Å². The normalized spacial score (nSPS) is 10.2. The fraction of sp³-hybridized carbons (Fsp3) is 0.133. The predicted molar refractivity (Wildman–Crippen MR) is 77.0 cm³/mol. The first-order valence-corrected chi connectivity index (χ1v) is 7.09. The Hall–Kier alpha value is -1.81. The minimum absolute atomic E-state index is 0.104. The van der Waals surface area contributed by atoms with Crippen LogP contribution in [0.15, 0.2) is 53.4 Å². The Kier molecular flexibility index (Phi) is 4.58. The summed E-state index contributed by atoms with van der Waals surface area (Å²) in [7, 11) is 0. The molecule has 2 rings (SSSR count). The topological polar surface area (TPSA) is 29.1 Å². The zero-order valence-electron chi connectivity index (χ0n) is 10.5. The zero-order chi connectivity index (χ0) is 13.7. The van der Waals surface area contributed by atoms with E-state index in [4.69, 9.17) is 0 Å². The molecule has 1 amide bonds. The van der Waals surface area contributed by atoms with Crippen LogP contribution in [-0.4, -0.2) is 12.2 Å². The van der Waals surface area contributed by atoms with Gasteiger partial charge in [0.15, 0.2) is 0 Å². The molecule has 0 unspecified atom stereocenters. The van der Waals surface area contributed by atoms with Crippen molar-refractivity contribution in [2.24, 2.45) is 0 Å². The lowest BCUT2D eigenvalue weighted by Crippen LogP contribution is -2.14. The first kappa shape index (κ1) is 13.6. The Balaban J connectivity index is 2.03. The van der Waals surface area contributed by atoms with Crippen LogP contribution >= 0.6 is 11.8 Å². The van der Waals surface area contributed by atoms with Gasteiger partial charge in [0.1, 0.15) is 5.82 Å². The summed E-state index contributed by atoms with van der Waals surface area (Å²) in [6.45, 7) is 0. The monoisotopic (exact) mass is 275 g/mol. The van der Waals surface area contributed by atoms with E-state index in [1.165, 1.54) is 12.1 Å². The maximum Gasteiger partial charge on any atom is 0.228 e. The average molecular weight is 275 g/mol. The van der Waals surface area contributed by atoms with Gasteiger partial charge in [-0.1, -0.05) is 18.2 Å². The van der Waals surface area contributed by atoms with Crippen LogP contribution in [0.25, 0.3) is 0 Å². The van der Waals surface area contributed by atoms with Crippen molar-refractivity contribution in [1.29, 1.82) is 0 Å². The van der Waals surface area contributed by atoms with Crippen LogP contribution in [0.2, 0.25) is 0 Å². The van der Waals surface area contributed by atoms with Gasteiger partial charge < -0.3 is 5.32 Å². The Morgan fingerprint density at radius 3 is 2.53 bits per heavy atom. The third-order valence-electron chi connectivity index (χ3n) is 2.67. The smallest absolute Gasteiger partial charge is 0.228 e. The number of nitrogens with one attached hydrogen (secondary N) is 1. The maximum absolute atomic E-state index is 12.8. The lowest BCUT2D eigenvalue weighted by molar-refractivity contribution is -0.115. The molecule has 19 heavy (non-hydrogen) atoms. The number of carbonyl (C=O) groups excluding carboxylic acids is 1. The summed E-state index contributed by atoms with van der Waals surface area (Å²) in [4.78, 5) is 13.0. The summed E-state index contributed by atoms with van der Waals surface area (Å²) in [5, 5.41) is 2.75. The Morgan fingerprint density at radius 1 is 1.16 bits per heavy atom. The SMILES string of the molecule is CSc1ccccc1CC(=O)Nc1ccc(F)cc1. The quantitative estimate of drug-likeness (QED) is 0.861. The van der Waals surface area contributed by atoms with Gasteiger partial charge in [-0.25, -0.2) is 4.39 Å². The molecule has 0 saturated heterocycles. The minimum Gasteiger partial charge on any atom is -0.326 e. The van der Waals surface area contributed by atoms with Crippen molar-refractivity contribution in [1.82, 2.24) is 0 Å². The van der Waals surface area contributed by atoms with E-state index in [1.54, 1.807) is 23.9 Å². The summed E-state index contributed by atoms with van der Waals surface area (Å²) in [6.07, 6.45) is 2.30. The molecule has 0 heterocycles. The van der Waals surface area contributed by atoms with Crippen LogP contribution in [0, 0.1) is 5.82 Å². The first-order valence-electron chi connectivity index (χ1n) is 5.86. The fourth-order valence-electron chi connectivity index (χ4n) is 1.76. The number of hydrogen-bond donors (Lipinski definition) is 1. The maximum atomic E-state index is 12.8. The summed E-state index contributed by atoms with van der Waals surface area (Å²) >= 11 is 1.62. The van der Waals surface area contributed by atoms with Gasteiger partial charge >= 0.3 is 0 Å². The largest absolute Gasteiger partial charge is 0.326 e. The lowest BCUT2D eigenvalue weighted by atomic mass is 10.1. The zero-order valence-corrected chi connectivity index (χ0v) is 11.3. The first-order chi connectivity index (χ1) is 9.19. The van der Waals surface area contributed by atoms with Crippen molar-refractivity contribution in [2.45, 2.75) is 11.3 Å². The Labute approximate surface area is 116 Å². The summed E-state index contributed by atoms with van der Waals surface area (Å²) in [6, 6.07) is 13.5. The highest BCUT2D eigenvalue weighted by molar-refractivity contribution is 7.98. The highest BCUT2D eigenvalue weighted by Gasteiger charge is 2.07. The molecule has 0 saturated carbocycles. The van der Waals surface area contributed by atoms with Crippen molar-refractivity contribution in [3.05, 3.63) is 59.9 Å². The highest BCUT2D eigenvalue weighted by atomic mass is 32.2. The molecule has 0 fully saturated rings. The standard InChI is InChI=1S/C15H14FNOS/c1-19-14-5-3-2-4-11(14)10-15(18)17-13-8-6-12(16)7-9-13/h2-9H,10H2,1H3,(H,17,18). The third-order valence-corrected chi connectivity index (χ3v) is 3.51. The number of anilines is 1. The van der Waals surface area contributed by atoms with Gasteiger partial charge in [-0.15, -0.1) is 11.8 Å². The van der Waals surface area contributed by atoms with Gasteiger partial charge in [-0.3, -0.25) is 4.79 Å². The van der Waals surface area contributed by atoms with Gasteiger partial charge in [-0.05, 0) is 42.2 Å². The van der Waals surface area contributed by atoms with Crippen LogP contribution < -0.4 is 5.32 Å². The molecule has 1 N–H and O–H groups in total. The van der Waals surface area contributed by atoms with E-state index in [-0.39, 0.29) is 11.7 Å². The van der Waals surface area contributed by atoms with Crippen molar-refractivity contribution >= 4 is 23.4 Å². The molecule has 0 aliphatic carbocycles. The molecule has 98 valence electrons. The fourth-order valence-corrected chi connectivity index (χ4v) is 2.38. The van der Waals surface area contributed by atoms with Gasteiger partial charge in [0.05, 0.1) is 6.42 Å². The van der Waals surface area contributed by atoms with E-state index in [2.05, 4.69) is 5.32 Å². The Morgan fingerprint density at radius 2 is 1.84 bits per heavy atom. The predicted octanol–water partition coefficient (Wildman–Crippen LogP) is 3.73. The number of hydrogen-bond acceptors (Lipinski definition) is 2. The second kappa shape index (κ2) is 6.38. The molecule has 4 heteroatoms. The second-order valence-corrected chi connectivity index (χ2v) is 4.89. The molecule has 0 radical (unpaired) electrons. The van der Waals surface area contributed by atoms with Crippen molar-refractivity contribution in [2.75, 3.05) is 11.6 Å². The number of carbonyl (C=O) groups is 1. The molecule has 0 spiro atoms. The molecular formula is C15H14FNOS. The number of rotatable bonds is 4. The number of halogens is 1. The van der Waals surface area contributed by atoms with Gasteiger partial charge in [0.25, 0.3) is 0 Å². The summed E-state index contributed by atoms with van der Waals surface area (Å²) in [5.74, 6) is -0.418. The summed E-state index contributed by atoms with van der Waals surface area (Å²) < 4.78 is 12.8. The lowest BCUT2D eigenvalue weighted by Gasteiger charge is -2.08. The third kappa shape index (κ3) is 3.83. The van der Waals surface area contributed by atoms with Gasteiger partial charge in [0.2, 0.25) is 5.91 Å². The highest BCUT2D eigenvalue weighted by Crippen LogP contribution is 2.20. The van der Waals surface area contributed by atoms with Gasteiger partial charge in [0, 0.05) is 10.6 Å². The summed E-state index contributed by atoms with van der Waals surface area (Å²) in [5.41, 5.74) is 1.60. The number of benzene rings is 2. The Bertz CT molecular complexity index is 569. The second-order valence-electron chi connectivity index (χ2n) is 4.04. The van der Waals surface area contributed by atoms with Crippen LogP contribution in [0.3, 0.4) is 0 Å². The molecule has 0 bridgehead atoms. The molecular weight excluding hydrogens is 261 g/mol. The molecule has 0 aliphatic heterocycles. The molecule has 0 aliphatic rings. The van der Waals surface area contributed by atoms with E-state index in [0.29, 0.717) is 12.1 Å². The number of thioether (sulfide) groups is 1. The van der Waals surface area contributed by atoms with E-state index in [0.717, 1.165) is 10.5 Å². The molecule has 2 nitrogen and oxygen atoms in total. The minimum atomic E-state index is -0.314. The van der Waals surface area contributed by atoms with Gasteiger partial charge in [-0.2, -0.15) is 0 Å². The molecule has 2 aromatic carbocycles. The van der Waals surface area contributed by atoms with Crippen LogP contribution in [0.4, 0.5) is 10.1 Å². The van der Waals surface area contributed by atoms with E-state index in [9.17, 15) is 9.18 Å². The molecule has 2 aromatic rings. The van der Waals surface area contributed by atoms with Crippen LogP contribution in [0.5, 0.6) is 0 Å². The van der Waals surface area contributed by atoms with Crippen LogP contribution in [0.1, 0.15) is 5.56 Å². The van der Waals surface area contributed by atoms with Crippen molar-refractivity contribution in [3.8, 4) is 0 Å². The molecule has 0 atom stereocenters. The van der Waals surface area contributed by atoms with Crippen LogP contribution in [-0.2, 0) is 11.2 Å².